The number of likely N-dealkylation sites (tertiary alicyclic amines) is 1. The lowest BCUT2D eigenvalue weighted by Crippen LogP contribution is -2.33. The molecule has 0 aliphatic carbocycles. The van der Waals surface area contributed by atoms with E-state index in [1.807, 2.05) is 4.90 Å². The second kappa shape index (κ2) is 5.09. The van der Waals surface area contributed by atoms with Crippen molar-refractivity contribution >= 4 is 11.9 Å². The molecular weight excluding hydrogens is 200 g/mol. The van der Waals surface area contributed by atoms with Crippen LogP contribution in [0.15, 0.2) is 0 Å². The summed E-state index contributed by atoms with van der Waals surface area (Å²) in [5.41, 5.74) is 5.15. The molecule has 0 aromatic heterocycles. The fourth-order valence-corrected chi connectivity index (χ4v) is 1.79. The van der Waals surface area contributed by atoms with E-state index in [1.165, 1.54) is 0 Å². The molecule has 2 atom stereocenters. The highest BCUT2D eigenvalue weighted by Gasteiger charge is 2.27. The Morgan fingerprint density at radius 1 is 1.53 bits per heavy atom. The molecule has 1 saturated heterocycles. The molecule has 1 amide bonds. The summed E-state index contributed by atoms with van der Waals surface area (Å²) in [5, 5.41) is 17.8. The number of carbonyl (C=O) groups is 2. The van der Waals surface area contributed by atoms with Gasteiger partial charge in [0, 0.05) is 13.1 Å². The van der Waals surface area contributed by atoms with E-state index in [4.69, 9.17) is 10.8 Å². The number of aliphatic hydroxyl groups is 1. The van der Waals surface area contributed by atoms with Gasteiger partial charge < -0.3 is 15.9 Å². The van der Waals surface area contributed by atoms with Gasteiger partial charge >= 0.3 is 5.97 Å². The van der Waals surface area contributed by atoms with Gasteiger partial charge in [-0.1, -0.05) is 0 Å². The van der Waals surface area contributed by atoms with E-state index in [0.717, 1.165) is 0 Å². The number of hydrogen-bond acceptors (Lipinski definition) is 4. The summed E-state index contributed by atoms with van der Waals surface area (Å²) in [6, 6.07) is 0. The number of hydrogen-bond donors (Lipinski definition) is 3. The summed E-state index contributed by atoms with van der Waals surface area (Å²) in [6.45, 7) is 1.49. The van der Waals surface area contributed by atoms with Crippen LogP contribution in [0.1, 0.15) is 12.8 Å². The van der Waals surface area contributed by atoms with Gasteiger partial charge in [-0.05, 0) is 13.0 Å². The summed E-state index contributed by atoms with van der Waals surface area (Å²) in [7, 11) is 0. The maximum atomic E-state index is 10.8. The van der Waals surface area contributed by atoms with Gasteiger partial charge in [0.1, 0.15) is 0 Å². The Hall–Kier alpha value is -1.14. The lowest BCUT2D eigenvalue weighted by Gasteiger charge is -2.18. The molecule has 2 unspecified atom stereocenters. The van der Waals surface area contributed by atoms with Crippen LogP contribution in [0.5, 0.6) is 0 Å². The Bertz CT molecular complexity index is 256. The van der Waals surface area contributed by atoms with Crippen LogP contribution in [0.3, 0.4) is 0 Å². The van der Waals surface area contributed by atoms with Crippen molar-refractivity contribution in [2.45, 2.75) is 18.9 Å². The van der Waals surface area contributed by atoms with Crippen molar-refractivity contribution in [2.75, 3.05) is 19.6 Å². The number of carboxylic acid groups (broad SMARTS) is 1. The molecule has 1 fully saturated rings. The Balaban J connectivity index is 2.29. The van der Waals surface area contributed by atoms with Gasteiger partial charge in [0.2, 0.25) is 5.91 Å². The Morgan fingerprint density at radius 3 is 2.67 bits per heavy atom. The van der Waals surface area contributed by atoms with E-state index in [-0.39, 0.29) is 24.8 Å². The normalized spacial score (nSPS) is 23.9. The highest BCUT2D eigenvalue weighted by atomic mass is 16.4. The topological polar surface area (TPSA) is 104 Å². The molecule has 86 valence electrons. The van der Waals surface area contributed by atoms with Crippen molar-refractivity contribution in [2.24, 2.45) is 11.7 Å². The van der Waals surface area contributed by atoms with E-state index in [2.05, 4.69) is 0 Å². The van der Waals surface area contributed by atoms with Crippen LogP contribution >= 0.6 is 0 Å². The number of nitrogens with two attached hydrogens (primary N) is 1. The summed E-state index contributed by atoms with van der Waals surface area (Å²) >= 11 is 0. The molecule has 1 heterocycles. The highest BCUT2D eigenvalue weighted by Crippen LogP contribution is 2.16. The van der Waals surface area contributed by atoms with Gasteiger partial charge in [0.05, 0.1) is 18.4 Å². The first-order chi connectivity index (χ1) is 6.99. The fraction of sp³-hybridized carbons (Fsp3) is 0.778. The number of rotatable bonds is 5. The minimum absolute atomic E-state index is 0.165. The predicted molar refractivity (Wildman–Crippen MR) is 52.0 cm³/mol. The molecule has 0 aromatic carbocycles. The smallest absolute Gasteiger partial charge is 0.306 e. The van der Waals surface area contributed by atoms with Crippen LogP contribution in [0.2, 0.25) is 0 Å². The maximum absolute atomic E-state index is 10.8. The van der Waals surface area contributed by atoms with E-state index in [0.29, 0.717) is 19.5 Å². The predicted octanol–water partition coefficient (Wildman–Crippen LogP) is -1.37. The number of primary amides is 1. The van der Waals surface area contributed by atoms with E-state index in [9.17, 15) is 14.7 Å². The second-order valence-corrected chi connectivity index (χ2v) is 3.90. The average Bonchev–Trinajstić information content (AvgIpc) is 2.50. The molecule has 6 nitrogen and oxygen atoms in total. The van der Waals surface area contributed by atoms with Crippen LogP contribution < -0.4 is 5.73 Å². The van der Waals surface area contributed by atoms with E-state index >= 15 is 0 Å². The highest BCUT2D eigenvalue weighted by molar-refractivity contribution is 5.77. The number of aliphatic carboxylic acids is 1. The minimum Gasteiger partial charge on any atom is -0.481 e. The number of amides is 1. The zero-order valence-corrected chi connectivity index (χ0v) is 8.43. The van der Waals surface area contributed by atoms with Crippen molar-refractivity contribution in [3.8, 4) is 0 Å². The zero-order valence-electron chi connectivity index (χ0n) is 8.43. The fourth-order valence-electron chi connectivity index (χ4n) is 1.79. The molecule has 4 N–H and O–H groups in total. The molecule has 1 aliphatic heterocycles. The summed E-state index contributed by atoms with van der Waals surface area (Å²) in [5.74, 6) is -1.51. The van der Waals surface area contributed by atoms with Gasteiger partial charge in [0.25, 0.3) is 0 Å². The number of carboxylic acids is 1. The first-order valence-corrected chi connectivity index (χ1v) is 4.90. The van der Waals surface area contributed by atoms with Crippen LogP contribution in [-0.4, -0.2) is 52.7 Å². The maximum Gasteiger partial charge on any atom is 0.306 e. The quantitative estimate of drug-likeness (QED) is 0.526. The van der Waals surface area contributed by atoms with Gasteiger partial charge in [-0.15, -0.1) is 0 Å². The molecule has 0 aromatic rings. The van der Waals surface area contributed by atoms with Crippen molar-refractivity contribution in [1.29, 1.82) is 0 Å². The third kappa shape index (κ3) is 3.85. The summed E-state index contributed by atoms with van der Waals surface area (Å²) in [6.07, 6.45) is -0.457. The third-order valence-electron chi connectivity index (χ3n) is 2.55. The van der Waals surface area contributed by atoms with Gasteiger partial charge in [-0.25, -0.2) is 0 Å². The molecule has 0 bridgehead atoms. The van der Waals surface area contributed by atoms with Gasteiger partial charge in [-0.3, -0.25) is 14.5 Å². The lowest BCUT2D eigenvalue weighted by atomic mass is 10.1. The largest absolute Gasteiger partial charge is 0.481 e. The minimum atomic E-state index is -1.02. The molecular formula is C9H16N2O4. The van der Waals surface area contributed by atoms with Crippen molar-refractivity contribution < 1.29 is 19.8 Å². The van der Waals surface area contributed by atoms with Crippen molar-refractivity contribution in [3.63, 3.8) is 0 Å². The molecule has 6 heteroatoms. The van der Waals surface area contributed by atoms with Gasteiger partial charge in [-0.2, -0.15) is 0 Å². The summed E-state index contributed by atoms with van der Waals surface area (Å²) in [4.78, 5) is 23.0. The van der Waals surface area contributed by atoms with Crippen LogP contribution in [0.25, 0.3) is 0 Å². The zero-order chi connectivity index (χ0) is 11.4. The van der Waals surface area contributed by atoms with Crippen molar-refractivity contribution in [3.05, 3.63) is 0 Å². The molecule has 0 saturated carbocycles. The van der Waals surface area contributed by atoms with Crippen LogP contribution in [-0.2, 0) is 9.59 Å². The second-order valence-electron chi connectivity index (χ2n) is 3.90. The Kier molecular flexibility index (Phi) is 4.05. The molecule has 0 radical (unpaired) electrons. The molecule has 1 aliphatic rings. The molecule has 1 rings (SSSR count). The molecule has 0 spiro atoms. The first-order valence-electron chi connectivity index (χ1n) is 4.90. The van der Waals surface area contributed by atoms with Crippen molar-refractivity contribution in [1.82, 2.24) is 4.90 Å². The number of nitrogens with zero attached hydrogens (tertiary/aromatic N) is 1. The third-order valence-corrected chi connectivity index (χ3v) is 2.55. The van der Waals surface area contributed by atoms with Crippen LogP contribution in [0.4, 0.5) is 0 Å². The standard InChI is InChI=1S/C9H16N2O4/c10-9(15)6-1-2-11(4-6)5-7(12)3-8(13)14/h6-7,12H,1-5H2,(H2,10,15)(H,13,14). The number of aliphatic hydroxyl groups excluding tert-OH is 1. The number of carbonyl (C=O) groups excluding carboxylic acids is 1. The average molecular weight is 216 g/mol. The molecule has 15 heavy (non-hydrogen) atoms. The Labute approximate surface area is 87.7 Å². The lowest BCUT2D eigenvalue weighted by molar-refractivity contribution is -0.139. The SMILES string of the molecule is NC(=O)C1CCN(CC(O)CC(=O)O)C1. The number of β-amino-alcohol motifs (C(OH)–C–C–N with tert-alkyl or cyclic N) is 1. The van der Waals surface area contributed by atoms with Gasteiger partial charge in [0.15, 0.2) is 0 Å². The summed E-state index contributed by atoms with van der Waals surface area (Å²) < 4.78 is 0. The Morgan fingerprint density at radius 2 is 2.20 bits per heavy atom. The first kappa shape index (κ1) is 11.9. The van der Waals surface area contributed by atoms with Crippen LogP contribution in [0, 0.1) is 5.92 Å². The van der Waals surface area contributed by atoms with E-state index < -0.39 is 12.1 Å². The monoisotopic (exact) mass is 216 g/mol. The van der Waals surface area contributed by atoms with E-state index in [1.54, 1.807) is 0 Å².